The molecule has 8 nitrogen and oxygen atoms in total. The standard InChI is InChI=1S/C22H23N3O5/c1-3-18(16-11-9-15(2)10-12-16)23-19(26)14-29-20(27)13-25-22(28)30-21(24-25)17-7-5-4-6-8-17/h4-12,18H,3,13-14H2,1-2H3,(H,23,26)/t18-/m1/s1. The predicted octanol–water partition coefficient (Wildman–Crippen LogP) is 2.62. The van der Waals surface area contributed by atoms with E-state index in [4.69, 9.17) is 9.15 Å². The molecular weight excluding hydrogens is 386 g/mol. The maximum absolute atomic E-state index is 12.2. The molecular formula is C22H23N3O5. The number of carbonyl (C=O) groups is 2. The van der Waals surface area contributed by atoms with E-state index in [0.29, 0.717) is 12.0 Å². The first-order chi connectivity index (χ1) is 14.5. The monoisotopic (exact) mass is 409 g/mol. The number of benzene rings is 2. The minimum atomic E-state index is -0.777. The molecule has 1 N–H and O–H groups in total. The number of aryl methyl sites for hydroxylation is 1. The number of ether oxygens (including phenoxy) is 1. The van der Waals surface area contributed by atoms with Crippen molar-refractivity contribution in [1.29, 1.82) is 0 Å². The summed E-state index contributed by atoms with van der Waals surface area (Å²) in [4.78, 5) is 36.1. The van der Waals surface area contributed by atoms with Crippen LogP contribution in [0.2, 0.25) is 0 Å². The first-order valence-electron chi connectivity index (χ1n) is 9.61. The average Bonchev–Trinajstić information content (AvgIpc) is 3.12. The zero-order valence-corrected chi connectivity index (χ0v) is 16.8. The zero-order valence-electron chi connectivity index (χ0n) is 16.8. The summed E-state index contributed by atoms with van der Waals surface area (Å²) in [6.45, 7) is 3.06. The Hall–Kier alpha value is -3.68. The molecule has 0 aliphatic rings. The number of hydrogen-bond acceptors (Lipinski definition) is 6. The number of hydrogen-bond donors (Lipinski definition) is 1. The van der Waals surface area contributed by atoms with Crippen molar-refractivity contribution < 1.29 is 18.7 Å². The molecule has 0 radical (unpaired) electrons. The van der Waals surface area contributed by atoms with E-state index in [1.54, 1.807) is 24.3 Å². The lowest BCUT2D eigenvalue weighted by atomic mass is 10.0. The molecule has 1 amide bonds. The minimum absolute atomic E-state index is 0.107. The van der Waals surface area contributed by atoms with Gasteiger partial charge in [0.25, 0.3) is 5.91 Å². The SMILES string of the molecule is CC[C@@H](NC(=O)COC(=O)Cn1nc(-c2ccccc2)oc1=O)c1ccc(C)cc1. The summed E-state index contributed by atoms with van der Waals surface area (Å²) >= 11 is 0. The van der Waals surface area contributed by atoms with Gasteiger partial charge in [-0.15, -0.1) is 5.10 Å². The van der Waals surface area contributed by atoms with Gasteiger partial charge in [-0.25, -0.2) is 4.79 Å². The van der Waals surface area contributed by atoms with Crippen LogP contribution in [0.4, 0.5) is 0 Å². The Bertz CT molecular complexity index is 1050. The quantitative estimate of drug-likeness (QED) is 0.574. The van der Waals surface area contributed by atoms with Crippen LogP contribution in [-0.2, 0) is 20.9 Å². The molecule has 0 fully saturated rings. The molecule has 1 aromatic heterocycles. The number of nitrogens with zero attached hydrogens (tertiary/aromatic N) is 2. The smallest absolute Gasteiger partial charge is 0.437 e. The normalized spacial score (nSPS) is 11.7. The van der Waals surface area contributed by atoms with Crippen molar-refractivity contribution in [2.75, 3.05) is 6.61 Å². The van der Waals surface area contributed by atoms with Crippen LogP contribution in [0.15, 0.2) is 63.8 Å². The van der Waals surface area contributed by atoms with Gasteiger partial charge in [-0.3, -0.25) is 9.59 Å². The largest absolute Gasteiger partial charge is 0.454 e. The Labute approximate surface area is 173 Å². The Kier molecular flexibility index (Phi) is 6.79. The molecule has 1 heterocycles. The second-order valence-electron chi connectivity index (χ2n) is 6.80. The van der Waals surface area contributed by atoms with Gasteiger partial charge in [0.2, 0.25) is 5.89 Å². The third-order valence-electron chi connectivity index (χ3n) is 4.49. The first kappa shape index (κ1) is 21.0. The van der Waals surface area contributed by atoms with Crippen LogP contribution in [0.1, 0.15) is 30.5 Å². The highest BCUT2D eigenvalue weighted by Crippen LogP contribution is 2.17. The van der Waals surface area contributed by atoms with Crippen LogP contribution < -0.4 is 11.1 Å². The summed E-state index contributed by atoms with van der Waals surface area (Å²) in [5.41, 5.74) is 2.72. The Balaban J connectivity index is 1.53. The van der Waals surface area contributed by atoms with E-state index in [-0.39, 0.29) is 11.9 Å². The molecule has 0 unspecified atom stereocenters. The molecule has 3 aromatic rings. The highest BCUT2D eigenvalue weighted by molar-refractivity contribution is 5.80. The van der Waals surface area contributed by atoms with E-state index in [2.05, 4.69) is 10.4 Å². The maximum Gasteiger partial charge on any atom is 0.437 e. The van der Waals surface area contributed by atoms with E-state index in [9.17, 15) is 14.4 Å². The second-order valence-corrected chi connectivity index (χ2v) is 6.80. The van der Waals surface area contributed by atoms with Crippen LogP contribution in [0.25, 0.3) is 11.5 Å². The fourth-order valence-corrected chi connectivity index (χ4v) is 2.87. The number of esters is 1. The van der Waals surface area contributed by atoms with Gasteiger partial charge in [-0.1, -0.05) is 55.0 Å². The summed E-state index contributed by atoms with van der Waals surface area (Å²) in [7, 11) is 0. The zero-order chi connectivity index (χ0) is 21.5. The van der Waals surface area contributed by atoms with Gasteiger partial charge in [0.05, 0.1) is 6.04 Å². The van der Waals surface area contributed by atoms with Crippen LogP contribution >= 0.6 is 0 Å². The molecule has 3 rings (SSSR count). The number of nitrogens with one attached hydrogen (secondary N) is 1. The molecule has 0 aliphatic carbocycles. The molecule has 30 heavy (non-hydrogen) atoms. The summed E-state index contributed by atoms with van der Waals surface area (Å²) in [6.07, 6.45) is 0.694. The fourth-order valence-electron chi connectivity index (χ4n) is 2.87. The number of amides is 1. The van der Waals surface area contributed by atoms with Gasteiger partial charge in [0, 0.05) is 5.56 Å². The molecule has 0 aliphatic heterocycles. The molecule has 0 saturated heterocycles. The van der Waals surface area contributed by atoms with Crippen molar-refractivity contribution in [2.45, 2.75) is 32.9 Å². The highest BCUT2D eigenvalue weighted by Gasteiger charge is 2.17. The van der Waals surface area contributed by atoms with E-state index in [1.807, 2.05) is 44.2 Å². The van der Waals surface area contributed by atoms with Crippen molar-refractivity contribution in [2.24, 2.45) is 0 Å². The third-order valence-corrected chi connectivity index (χ3v) is 4.49. The Morgan fingerprint density at radius 2 is 1.83 bits per heavy atom. The molecule has 0 bridgehead atoms. The highest BCUT2D eigenvalue weighted by atomic mass is 16.5. The van der Waals surface area contributed by atoms with Crippen molar-refractivity contribution in [3.8, 4) is 11.5 Å². The van der Waals surface area contributed by atoms with Gasteiger partial charge < -0.3 is 14.5 Å². The summed E-state index contributed by atoms with van der Waals surface area (Å²) in [5, 5.41) is 6.83. The molecule has 8 heteroatoms. The third kappa shape index (κ3) is 5.44. The lowest BCUT2D eigenvalue weighted by Gasteiger charge is -2.17. The van der Waals surface area contributed by atoms with Gasteiger partial charge in [-0.05, 0) is 31.0 Å². The van der Waals surface area contributed by atoms with Crippen LogP contribution in [0.5, 0.6) is 0 Å². The fraction of sp³-hybridized carbons (Fsp3) is 0.273. The van der Waals surface area contributed by atoms with Crippen molar-refractivity contribution in [3.63, 3.8) is 0 Å². The molecule has 0 spiro atoms. The molecule has 0 saturated carbocycles. The van der Waals surface area contributed by atoms with Crippen molar-refractivity contribution >= 4 is 11.9 Å². The Morgan fingerprint density at radius 1 is 1.13 bits per heavy atom. The molecule has 2 aromatic carbocycles. The number of carbonyl (C=O) groups excluding carboxylic acids is 2. The van der Waals surface area contributed by atoms with Crippen molar-refractivity contribution in [1.82, 2.24) is 15.1 Å². The van der Waals surface area contributed by atoms with Gasteiger partial charge in [-0.2, -0.15) is 4.68 Å². The van der Waals surface area contributed by atoms with E-state index >= 15 is 0 Å². The van der Waals surface area contributed by atoms with E-state index < -0.39 is 30.8 Å². The molecule has 156 valence electrons. The van der Waals surface area contributed by atoms with Gasteiger partial charge >= 0.3 is 11.7 Å². The van der Waals surface area contributed by atoms with Crippen LogP contribution in [0, 0.1) is 6.92 Å². The predicted molar refractivity (Wildman–Crippen MR) is 110 cm³/mol. The number of rotatable bonds is 8. The average molecular weight is 409 g/mol. The van der Waals surface area contributed by atoms with Crippen LogP contribution in [0.3, 0.4) is 0 Å². The van der Waals surface area contributed by atoms with E-state index in [0.717, 1.165) is 15.8 Å². The van der Waals surface area contributed by atoms with Crippen LogP contribution in [-0.4, -0.2) is 28.3 Å². The summed E-state index contributed by atoms with van der Waals surface area (Å²) in [5.74, 6) is -1.85. The van der Waals surface area contributed by atoms with Crippen molar-refractivity contribution in [3.05, 3.63) is 76.3 Å². The first-order valence-corrected chi connectivity index (χ1v) is 9.61. The lowest BCUT2D eigenvalue weighted by Crippen LogP contribution is -2.33. The van der Waals surface area contributed by atoms with Gasteiger partial charge in [0.15, 0.2) is 6.61 Å². The maximum atomic E-state index is 12.2. The van der Waals surface area contributed by atoms with E-state index in [1.165, 1.54) is 0 Å². The Morgan fingerprint density at radius 3 is 2.50 bits per heavy atom. The summed E-state index contributed by atoms with van der Waals surface area (Å²) < 4.78 is 10.9. The minimum Gasteiger partial charge on any atom is -0.454 e. The molecule has 1 atom stereocenters. The second kappa shape index (κ2) is 9.69. The summed E-state index contributed by atoms with van der Waals surface area (Å²) in [6, 6.07) is 16.5. The number of aromatic nitrogens is 2. The lowest BCUT2D eigenvalue weighted by molar-refractivity contribution is -0.149. The topological polar surface area (TPSA) is 103 Å². The van der Waals surface area contributed by atoms with Gasteiger partial charge in [0.1, 0.15) is 6.54 Å².